The minimum Gasteiger partial charge on any atom is -0.464 e. The van der Waals surface area contributed by atoms with Crippen molar-refractivity contribution in [2.75, 3.05) is 6.61 Å². The Morgan fingerprint density at radius 3 is 1.55 bits per heavy atom. The van der Waals surface area contributed by atoms with Gasteiger partial charge in [-0.1, -0.05) is 30.3 Å². The third-order valence-corrected chi connectivity index (χ3v) is 5.23. The zero-order valence-corrected chi connectivity index (χ0v) is 18.6. The monoisotopic (exact) mass is 590 g/mol. The SMILES string of the molecule is CCOC(=O)C(O)(CCc1ccccc1)CC(F)(F)C(F)(F)C(F)(F)C(F)(F)C(F)(F)C(F)(F)C(F)(F)F. The van der Waals surface area contributed by atoms with E-state index in [-0.39, 0.29) is 5.56 Å². The zero-order chi connectivity index (χ0) is 30.2. The zero-order valence-electron chi connectivity index (χ0n) is 18.6. The highest BCUT2D eigenvalue weighted by Gasteiger charge is 2.93. The molecule has 0 heterocycles. The third-order valence-electron chi connectivity index (χ3n) is 5.23. The fourth-order valence-corrected chi connectivity index (χ4v) is 3.00. The normalized spacial score (nSPS) is 16.2. The number of esters is 1. The van der Waals surface area contributed by atoms with Crippen LogP contribution in [0.25, 0.3) is 0 Å². The molecule has 1 atom stereocenters. The van der Waals surface area contributed by atoms with Gasteiger partial charge < -0.3 is 9.84 Å². The van der Waals surface area contributed by atoms with E-state index in [9.17, 15) is 75.8 Å². The van der Waals surface area contributed by atoms with Crippen LogP contribution < -0.4 is 0 Å². The summed E-state index contributed by atoms with van der Waals surface area (Å²) in [6.45, 7) is 0.265. The Morgan fingerprint density at radius 2 is 1.13 bits per heavy atom. The van der Waals surface area contributed by atoms with Crippen molar-refractivity contribution in [2.24, 2.45) is 0 Å². The summed E-state index contributed by atoms with van der Waals surface area (Å²) in [5, 5.41) is 10.3. The first-order valence-corrected chi connectivity index (χ1v) is 10.0. The van der Waals surface area contributed by atoms with Gasteiger partial charge in [0.2, 0.25) is 0 Å². The number of aryl methyl sites for hydroxylation is 1. The largest absolute Gasteiger partial charge is 0.464 e. The first kappa shape index (κ1) is 33.6. The molecule has 1 rings (SSSR count). The van der Waals surface area contributed by atoms with Crippen molar-refractivity contribution >= 4 is 5.97 Å². The summed E-state index contributed by atoms with van der Waals surface area (Å²) >= 11 is 0. The standard InChI is InChI=1S/C20H17F15O3/c1-2-38-12(36)13(37,9-8-11-6-4-3-5-7-11)10-14(21,22)15(23,24)16(25,26)17(27,28)18(29,30)19(31,32)20(33,34)35/h3-7,37H,2,8-10H2,1H3. The smallest absolute Gasteiger partial charge is 0.460 e. The maximum Gasteiger partial charge on any atom is 0.460 e. The molecule has 0 aliphatic carbocycles. The van der Waals surface area contributed by atoms with Gasteiger partial charge >= 0.3 is 47.7 Å². The van der Waals surface area contributed by atoms with Gasteiger partial charge in [-0.05, 0) is 25.3 Å². The number of halogens is 15. The van der Waals surface area contributed by atoms with Gasteiger partial charge in [-0.15, -0.1) is 0 Å². The molecular formula is C20H17F15O3. The molecule has 18 heteroatoms. The fourth-order valence-electron chi connectivity index (χ4n) is 3.00. The Labute approximate surface area is 203 Å². The van der Waals surface area contributed by atoms with Crippen molar-refractivity contribution in [3.63, 3.8) is 0 Å². The average molecular weight is 590 g/mol. The Balaban J connectivity index is 3.54. The van der Waals surface area contributed by atoms with Crippen LogP contribution in [0.2, 0.25) is 0 Å². The maximum atomic E-state index is 14.4. The van der Waals surface area contributed by atoms with E-state index in [1.54, 1.807) is 0 Å². The van der Waals surface area contributed by atoms with Gasteiger partial charge in [-0.2, -0.15) is 65.9 Å². The van der Waals surface area contributed by atoms with Gasteiger partial charge in [0.05, 0.1) is 13.0 Å². The van der Waals surface area contributed by atoms with Gasteiger partial charge in [-0.25, -0.2) is 4.79 Å². The van der Waals surface area contributed by atoms with Crippen molar-refractivity contribution in [3.05, 3.63) is 35.9 Å². The molecular weight excluding hydrogens is 573 g/mol. The van der Waals surface area contributed by atoms with E-state index in [1.165, 1.54) is 30.3 Å². The van der Waals surface area contributed by atoms with Crippen LogP contribution in [0, 0.1) is 0 Å². The molecule has 0 amide bonds. The number of aliphatic hydroxyl groups is 1. The molecule has 0 bridgehead atoms. The number of ether oxygens (including phenoxy) is 1. The molecule has 0 fully saturated rings. The second-order valence-electron chi connectivity index (χ2n) is 7.99. The molecule has 0 saturated heterocycles. The summed E-state index contributed by atoms with van der Waals surface area (Å²) < 4.78 is 205. The lowest BCUT2D eigenvalue weighted by Gasteiger charge is -2.42. The molecule has 0 spiro atoms. The van der Waals surface area contributed by atoms with Gasteiger partial charge in [0, 0.05) is 0 Å². The van der Waals surface area contributed by atoms with E-state index in [4.69, 9.17) is 0 Å². The third kappa shape index (κ3) is 5.50. The number of benzene rings is 1. The quantitative estimate of drug-likeness (QED) is 0.219. The Morgan fingerprint density at radius 1 is 0.711 bits per heavy atom. The van der Waals surface area contributed by atoms with Crippen LogP contribution in [0.15, 0.2) is 30.3 Å². The maximum absolute atomic E-state index is 14.4. The number of hydrogen-bond donors (Lipinski definition) is 1. The molecule has 0 aliphatic heterocycles. The van der Waals surface area contributed by atoms with Crippen LogP contribution in [0.4, 0.5) is 65.9 Å². The second kappa shape index (κ2) is 10.3. The van der Waals surface area contributed by atoms with E-state index in [0.29, 0.717) is 0 Å². The van der Waals surface area contributed by atoms with Crippen LogP contribution in [0.1, 0.15) is 25.3 Å². The molecule has 1 N–H and O–H groups in total. The molecule has 1 unspecified atom stereocenters. The first-order chi connectivity index (χ1) is 16.8. The van der Waals surface area contributed by atoms with Gasteiger partial charge in [0.15, 0.2) is 5.60 Å². The van der Waals surface area contributed by atoms with Crippen LogP contribution in [-0.2, 0) is 16.0 Å². The molecule has 38 heavy (non-hydrogen) atoms. The molecule has 1 aromatic rings. The number of hydrogen-bond acceptors (Lipinski definition) is 3. The van der Waals surface area contributed by atoms with Crippen LogP contribution in [0.5, 0.6) is 0 Å². The van der Waals surface area contributed by atoms with Crippen molar-refractivity contribution in [1.29, 1.82) is 0 Å². The number of rotatable bonds is 12. The topological polar surface area (TPSA) is 46.5 Å². The summed E-state index contributed by atoms with van der Waals surface area (Å²) in [5.74, 6) is -50.1. The van der Waals surface area contributed by atoms with Crippen LogP contribution in [0.3, 0.4) is 0 Å². The lowest BCUT2D eigenvalue weighted by molar-refractivity contribution is -0.453. The summed E-state index contributed by atoms with van der Waals surface area (Å²) in [6.07, 6.45) is -12.9. The number of alkyl halides is 15. The van der Waals surface area contributed by atoms with Gasteiger partial charge in [0.25, 0.3) is 0 Å². The van der Waals surface area contributed by atoms with Crippen molar-refractivity contribution in [1.82, 2.24) is 0 Å². The molecule has 3 nitrogen and oxygen atoms in total. The van der Waals surface area contributed by atoms with Crippen molar-refractivity contribution in [3.8, 4) is 0 Å². The van der Waals surface area contributed by atoms with Crippen LogP contribution in [-0.4, -0.2) is 65.0 Å². The molecule has 0 saturated carbocycles. The van der Waals surface area contributed by atoms with E-state index in [0.717, 1.165) is 6.92 Å². The summed E-state index contributed by atoms with van der Waals surface area (Å²) in [6, 6.07) is 6.59. The molecule has 1 aromatic carbocycles. The van der Waals surface area contributed by atoms with E-state index < -0.39 is 79.2 Å². The van der Waals surface area contributed by atoms with Crippen molar-refractivity contribution in [2.45, 2.75) is 73.5 Å². The minimum absolute atomic E-state index is 0.121. The Bertz CT molecular complexity index is 960. The van der Waals surface area contributed by atoms with Gasteiger partial charge in [-0.3, -0.25) is 0 Å². The number of carbonyl (C=O) groups is 1. The highest BCUT2D eigenvalue weighted by molar-refractivity contribution is 5.79. The molecule has 0 aromatic heterocycles. The van der Waals surface area contributed by atoms with E-state index >= 15 is 0 Å². The summed E-state index contributed by atoms with van der Waals surface area (Å²) in [4.78, 5) is 12.0. The van der Waals surface area contributed by atoms with Gasteiger partial charge in [0.1, 0.15) is 0 Å². The highest BCUT2D eigenvalue weighted by Crippen LogP contribution is 2.63. The predicted octanol–water partition coefficient (Wildman–Crippen LogP) is 6.68. The van der Waals surface area contributed by atoms with Crippen LogP contribution >= 0.6 is 0 Å². The second-order valence-corrected chi connectivity index (χ2v) is 7.99. The molecule has 0 radical (unpaired) electrons. The Hall–Kier alpha value is -2.40. The lowest BCUT2D eigenvalue weighted by atomic mass is 9.83. The highest BCUT2D eigenvalue weighted by atomic mass is 19.4. The minimum atomic E-state index is -8.46. The first-order valence-electron chi connectivity index (χ1n) is 10.0. The average Bonchev–Trinajstić information content (AvgIpc) is 2.76. The summed E-state index contributed by atoms with van der Waals surface area (Å²) in [7, 11) is 0. The lowest BCUT2D eigenvalue weighted by Crippen LogP contribution is -2.73. The fraction of sp³-hybridized carbons (Fsp3) is 0.650. The predicted molar refractivity (Wildman–Crippen MR) is 96.7 cm³/mol. The van der Waals surface area contributed by atoms with E-state index in [2.05, 4.69) is 4.74 Å². The summed E-state index contributed by atoms with van der Waals surface area (Å²) in [5.41, 5.74) is -3.76. The van der Waals surface area contributed by atoms with Crippen molar-refractivity contribution < 1.29 is 80.5 Å². The Kier molecular flexibility index (Phi) is 9.11. The molecule has 0 aliphatic rings. The molecule has 220 valence electrons. The van der Waals surface area contributed by atoms with E-state index in [1.807, 2.05) is 0 Å². The number of carbonyl (C=O) groups excluding carboxylic acids is 1.